The summed E-state index contributed by atoms with van der Waals surface area (Å²) in [7, 11) is -2.05. The predicted molar refractivity (Wildman–Crippen MR) is 169 cm³/mol. The van der Waals surface area contributed by atoms with Crippen LogP contribution in [-0.2, 0) is 42.6 Å². The molecule has 2 aliphatic rings. The average Bonchev–Trinajstić information content (AvgIpc) is 3.30. The van der Waals surface area contributed by atoms with Crippen LogP contribution in [0.25, 0.3) is 22.3 Å². The second-order valence-electron chi connectivity index (χ2n) is 12.9. The Morgan fingerprint density at radius 2 is 1.93 bits per heavy atom. The van der Waals surface area contributed by atoms with Crippen molar-refractivity contribution in [3.63, 3.8) is 0 Å². The lowest BCUT2D eigenvalue weighted by atomic mass is 9.85. The monoisotopic (exact) mass is 617 g/mol. The number of pyridine rings is 2. The number of hydrogen-bond acceptors (Lipinski definition) is 8. The lowest BCUT2D eigenvalue weighted by Crippen LogP contribution is -2.47. The van der Waals surface area contributed by atoms with E-state index in [1.165, 1.54) is 5.19 Å². The van der Waals surface area contributed by atoms with E-state index in [0.29, 0.717) is 23.5 Å². The Morgan fingerprint density at radius 1 is 1.20 bits per heavy atom. The van der Waals surface area contributed by atoms with Gasteiger partial charge in [-0.15, -0.1) is 6.58 Å². The zero-order valence-electron chi connectivity index (χ0n) is 26.2. The van der Waals surface area contributed by atoms with Gasteiger partial charge in [-0.3, -0.25) is 9.59 Å². The highest BCUT2D eigenvalue weighted by atomic mass is 28.3. The maximum absolute atomic E-state index is 14.0. The first-order chi connectivity index (χ1) is 20.7. The zero-order chi connectivity index (χ0) is 32.0. The SMILES string of the molecule is C=CC[Si](C)(C)c1c2c(nc3ccccc13)-c1cc3c(c(=O)n1C2)COC(=O)C3(CC)OC(=O)CCNC(=O)OC(C)(C)C. The first kappa shape index (κ1) is 31.2. The number of nitrogens with zero attached hydrogens (tertiary/aromatic N) is 2. The quantitative estimate of drug-likeness (QED) is 0.131. The number of cyclic esters (lactones) is 1. The fourth-order valence-electron chi connectivity index (χ4n) is 6.25. The molecule has 0 spiro atoms. The van der Waals surface area contributed by atoms with E-state index in [1.807, 2.05) is 24.3 Å². The summed E-state index contributed by atoms with van der Waals surface area (Å²) < 4.78 is 18.2. The van der Waals surface area contributed by atoms with E-state index in [4.69, 9.17) is 19.2 Å². The second-order valence-corrected chi connectivity index (χ2v) is 17.6. The van der Waals surface area contributed by atoms with Gasteiger partial charge in [-0.05, 0) is 61.5 Å². The molecule has 1 N–H and O–H groups in total. The summed E-state index contributed by atoms with van der Waals surface area (Å²) in [6, 6.07) is 10.6. The molecule has 0 fully saturated rings. The van der Waals surface area contributed by atoms with Crippen LogP contribution in [-0.4, -0.2) is 47.8 Å². The summed E-state index contributed by atoms with van der Waals surface area (Å²) in [5.74, 6) is -1.47. The maximum Gasteiger partial charge on any atom is 0.407 e. The molecule has 2 aromatic heterocycles. The minimum atomic E-state index is -2.05. The Bertz CT molecular complexity index is 1750. The van der Waals surface area contributed by atoms with Gasteiger partial charge < -0.3 is 24.1 Å². The number of rotatable bonds is 8. The van der Waals surface area contributed by atoms with Gasteiger partial charge in [0.25, 0.3) is 5.56 Å². The van der Waals surface area contributed by atoms with Crippen LogP contribution in [0.4, 0.5) is 4.79 Å². The Balaban J connectivity index is 1.56. The van der Waals surface area contributed by atoms with Crippen molar-refractivity contribution in [3.8, 4) is 11.4 Å². The summed E-state index contributed by atoms with van der Waals surface area (Å²) in [5.41, 5.74) is 0.881. The first-order valence-corrected chi connectivity index (χ1v) is 18.1. The summed E-state index contributed by atoms with van der Waals surface area (Å²) in [6.07, 6.45) is 1.13. The molecule has 1 aromatic carbocycles. The van der Waals surface area contributed by atoms with Crippen molar-refractivity contribution < 1.29 is 28.6 Å². The highest BCUT2D eigenvalue weighted by Crippen LogP contribution is 2.41. The molecule has 0 radical (unpaired) electrons. The number of hydrogen-bond donors (Lipinski definition) is 1. The number of allylic oxidation sites excluding steroid dienone is 1. The Labute approximate surface area is 257 Å². The highest BCUT2D eigenvalue weighted by Gasteiger charge is 2.50. The van der Waals surface area contributed by atoms with E-state index >= 15 is 0 Å². The van der Waals surface area contributed by atoms with Gasteiger partial charge in [-0.25, -0.2) is 14.6 Å². The standard InChI is InChI=1S/C33H39N3O7Si/c1-8-16-44(6,7)28-20-12-10-11-13-24(20)35-27-21(28)18-36-25(27)17-23-22(29(36)38)19-41-30(39)33(23,9-2)42-26(37)14-15-34-31(40)43-32(3,4)5/h8,10-13,17H,1,9,14-16,18-19H2,2-7H3,(H,34,40). The van der Waals surface area contributed by atoms with Crippen LogP contribution in [0.3, 0.4) is 0 Å². The molecule has 1 unspecified atom stereocenters. The van der Waals surface area contributed by atoms with Gasteiger partial charge in [-0.2, -0.15) is 0 Å². The minimum Gasteiger partial charge on any atom is -0.457 e. The number of esters is 2. The van der Waals surface area contributed by atoms with Crippen LogP contribution in [0, 0.1) is 0 Å². The fourth-order valence-corrected chi connectivity index (χ4v) is 9.13. The third-order valence-electron chi connectivity index (χ3n) is 8.18. The van der Waals surface area contributed by atoms with Gasteiger partial charge in [0.05, 0.1) is 43.5 Å². The van der Waals surface area contributed by atoms with Crippen molar-refractivity contribution in [2.75, 3.05) is 6.54 Å². The fraction of sp³-hybridized carbons (Fsp3) is 0.424. The largest absolute Gasteiger partial charge is 0.457 e. The number of aromatic nitrogens is 2. The molecule has 0 saturated heterocycles. The molecule has 44 heavy (non-hydrogen) atoms. The van der Waals surface area contributed by atoms with Gasteiger partial charge in [0.2, 0.25) is 5.60 Å². The molecule has 0 bridgehead atoms. The molecular weight excluding hydrogens is 578 g/mol. The molecule has 1 amide bonds. The molecule has 4 heterocycles. The summed E-state index contributed by atoms with van der Waals surface area (Å²) in [4.78, 5) is 57.5. The van der Waals surface area contributed by atoms with Crippen molar-refractivity contribution in [1.82, 2.24) is 14.9 Å². The van der Waals surface area contributed by atoms with E-state index in [1.54, 1.807) is 38.3 Å². The Morgan fingerprint density at radius 3 is 2.61 bits per heavy atom. The molecule has 0 aliphatic carbocycles. The molecule has 3 aromatic rings. The van der Waals surface area contributed by atoms with Crippen molar-refractivity contribution >= 4 is 42.2 Å². The molecule has 0 saturated carbocycles. The predicted octanol–water partition coefficient (Wildman–Crippen LogP) is 4.65. The van der Waals surface area contributed by atoms with Crippen LogP contribution < -0.4 is 16.1 Å². The molecule has 10 nitrogen and oxygen atoms in total. The molecule has 5 rings (SSSR count). The van der Waals surface area contributed by atoms with E-state index < -0.39 is 37.3 Å². The van der Waals surface area contributed by atoms with Crippen LogP contribution in [0.15, 0.2) is 47.8 Å². The van der Waals surface area contributed by atoms with Gasteiger partial charge in [0.15, 0.2) is 0 Å². The molecule has 2 aliphatic heterocycles. The first-order valence-electron chi connectivity index (χ1n) is 14.9. The van der Waals surface area contributed by atoms with E-state index in [2.05, 4.69) is 31.1 Å². The van der Waals surface area contributed by atoms with Crippen molar-refractivity contribution in [3.05, 3.63) is 70.0 Å². The van der Waals surface area contributed by atoms with Crippen molar-refractivity contribution in [1.29, 1.82) is 0 Å². The maximum atomic E-state index is 14.0. The number of fused-ring (bicyclic) bond motifs is 5. The number of para-hydroxylation sites is 1. The summed E-state index contributed by atoms with van der Waals surface area (Å²) in [5, 5.41) is 4.83. The lowest BCUT2D eigenvalue weighted by Gasteiger charge is -2.35. The van der Waals surface area contributed by atoms with Crippen LogP contribution in [0.2, 0.25) is 19.1 Å². The third-order valence-corrected chi connectivity index (χ3v) is 11.4. The van der Waals surface area contributed by atoms with Gasteiger partial charge in [0.1, 0.15) is 12.2 Å². The minimum absolute atomic E-state index is 0.0511. The van der Waals surface area contributed by atoms with E-state index in [-0.39, 0.29) is 37.1 Å². The second kappa shape index (κ2) is 11.3. The topological polar surface area (TPSA) is 126 Å². The number of amides is 1. The molecule has 232 valence electrons. The van der Waals surface area contributed by atoms with Crippen molar-refractivity contribution in [2.45, 2.75) is 84.0 Å². The number of nitrogens with one attached hydrogen (secondary N) is 1. The van der Waals surface area contributed by atoms with Crippen LogP contribution in [0.1, 0.15) is 57.2 Å². The van der Waals surface area contributed by atoms with Gasteiger partial charge >= 0.3 is 18.0 Å². The number of benzene rings is 1. The molecule has 1 atom stereocenters. The number of carbonyl (C=O) groups excluding carboxylic acids is 3. The zero-order valence-corrected chi connectivity index (χ0v) is 27.2. The third kappa shape index (κ3) is 5.45. The summed E-state index contributed by atoms with van der Waals surface area (Å²) in [6.45, 7) is 15.6. The van der Waals surface area contributed by atoms with Gasteiger partial charge in [-0.1, -0.05) is 44.3 Å². The number of ether oxygens (including phenoxy) is 3. The van der Waals surface area contributed by atoms with E-state index in [9.17, 15) is 19.2 Å². The number of carbonyl (C=O) groups is 3. The molecular formula is C33H39N3O7Si. The number of alkyl carbamates (subject to hydrolysis) is 1. The summed E-state index contributed by atoms with van der Waals surface area (Å²) >= 11 is 0. The van der Waals surface area contributed by atoms with Crippen LogP contribution in [0.5, 0.6) is 0 Å². The van der Waals surface area contributed by atoms with Crippen molar-refractivity contribution in [2.24, 2.45) is 0 Å². The molecule has 11 heteroatoms. The van der Waals surface area contributed by atoms with E-state index in [0.717, 1.165) is 22.5 Å². The Kier molecular flexibility index (Phi) is 8.04. The van der Waals surface area contributed by atoms with Crippen LogP contribution >= 0.6 is 0 Å². The highest BCUT2D eigenvalue weighted by molar-refractivity contribution is 6.92. The van der Waals surface area contributed by atoms with Gasteiger partial charge in [0, 0.05) is 12.1 Å². The normalized spacial score (nSPS) is 17.3. The average molecular weight is 618 g/mol. The smallest absolute Gasteiger partial charge is 0.407 e. The Hall–Kier alpha value is -4.25. The lowest BCUT2D eigenvalue weighted by molar-refractivity contribution is -0.189.